The number of amides is 5. The Balaban J connectivity index is 0.719. The summed E-state index contributed by atoms with van der Waals surface area (Å²) in [4.78, 5) is 54.3. The summed E-state index contributed by atoms with van der Waals surface area (Å²) in [6, 6.07) is 13.1. The number of allylic oxidation sites excluding steroid dienone is 4. The molecule has 4 atom stereocenters. The van der Waals surface area contributed by atoms with Gasteiger partial charge in [0.25, 0.3) is 0 Å². The number of benzene rings is 3. The van der Waals surface area contributed by atoms with E-state index < -0.39 is 58.6 Å². The fourth-order valence-electron chi connectivity index (χ4n) is 12.9. The molecule has 394 valence electrons. The second-order valence-corrected chi connectivity index (χ2v) is 21.2. The first-order valence-electron chi connectivity index (χ1n) is 26.0. The number of fused-ring (bicyclic) bond motifs is 2. The number of nitrogens with zero attached hydrogens (tertiary/aromatic N) is 4. The van der Waals surface area contributed by atoms with E-state index in [-0.39, 0.29) is 107 Å². The number of piperidine rings is 1. The van der Waals surface area contributed by atoms with Gasteiger partial charge in [0, 0.05) is 91.6 Å². The van der Waals surface area contributed by atoms with Gasteiger partial charge in [-0.2, -0.15) is 5.10 Å². The van der Waals surface area contributed by atoms with E-state index in [1.807, 2.05) is 37.3 Å². The van der Waals surface area contributed by atoms with Crippen molar-refractivity contribution in [3.05, 3.63) is 111 Å². The van der Waals surface area contributed by atoms with Gasteiger partial charge in [-0.15, -0.1) is 0 Å². The van der Waals surface area contributed by atoms with E-state index in [1.165, 1.54) is 33.9 Å². The number of rotatable bonds is 15. The van der Waals surface area contributed by atoms with Crippen LogP contribution >= 0.6 is 0 Å². The SMILES string of the molecule is CC1=C(F)C=C2OC(CNC3CCC(C(=O)NC4CC(CN5CCC(c6c(F)cc7c(N8CCC(=O)NC8=O)nn(C)c7c6F)CC5)C4)CC3)(c3ccccc3)C(C)C2C1c1c(C(N)=O)ccc(OCCO)c1F. The van der Waals surface area contributed by atoms with E-state index in [2.05, 4.69) is 25.9 Å². The van der Waals surface area contributed by atoms with Crippen LogP contribution in [0, 0.1) is 41.1 Å². The third kappa shape index (κ3) is 9.44. The standard InChI is InChI=1S/C55H64F4N8O7/c1-29-39(56)26-42-45(44(29)47-37(51(60)70)13-14-41(48(47)58)73-22-21-68)30(2)55(74-42,34-7-5-4-6-8-34)28-61-35-11-9-33(10-12-35)53(71)62-36-23-31(24-36)27-66-18-15-32(16-19-66)46-40(57)25-38-50(49(46)59)65(3)64-52(38)67-20-17-43(69)63-54(67)72/h4-8,13-14,25-26,30-33,35-36,44-45,61,68H,9-12,15-24,27-28H2,1-3H3,(H2,60,70)(H,62,71)(H,63,69,72). The summed E-state index contributed by atoms with van der Waals surface area (Å²) in [5, 5.41) is 23.2. The molecule has 4 unspecified atom stereocenters. The fourth-order valence-corrected chi connectivity index (χ4v) is 12.9. The van der Waals surface area contributed by atoms with Crippen molar-refractivity contribution in [2.45, 2.75) is 101 Å². The normalized spacial score (nSPS) is 27.6. The molecule has 4 aromatic rings. The maximum Gasteiger partial charge on any atom is 0.329 e. The van der Waals surface area contributed by atoms with Crippen molar-refractivity contribution >= 4 is 40.5 Å². The first-order chi connectivity index (χ1) is 35.6. The Kier molecular flexibility index (Phi) is 14.4. The molecule has 10 rings (SSSR count). The average Bonchev–Trinajstić information content (AvgIpc) is 3.85. The number of aliphatic hydroxyl groups excluding tert-OH is 1. The van der Waals surface area contributed by atoms with Crippen LogP contribution in [-0.4, -0.2) is 102 Å². The minimum absolute atomic E-state index is 0.0381. The summed E-state index contributed by atoms with van der Waals surface area (Å²) in [6.45, 7) is 5.68. The highest BCUT2D eigenvalue weighted by molar-refractivity contribution is 6.09. The molecule has 2 saturated carbocycles. The molecule has 0 spiro atoms. The molecular formula is C55H64F4N8O7. The van der Waals surface area contributed by atoms with Gasteiger partial charge in [-0.25, -0.2) is 22.4 Å². The van der Waals surface area contributed by atoms with Crippen molar-refractivity contribution < 1.29 is 51.3 Å². The largest absolute Gasteiger partial charge is 0.488 e. The monoisotopic (exact) mass is 1020 g/mol. The smallest absolute Gasteiger partial charge is 0.329 e. The molecule has 15 nitrogen and oxygen atoms in total. The van der Waals surface area contributed by atoms with Gasteiger partial charge in [-0.05, 0) is 113 Å². The Morgan fingerprint density at radius 3 is 2.38 bits per heavy atom. The molecular weight excluding hydrogens is 961 g/mol. The van der Waals surface area contributed by atoms with Gasteiger partial charge in [-0.1, -0.05) is 37.3 Å². The van der Waals surface area contributed by atoms with Crippen molar-refractivity contribution in [2.75, 3.05) is 50.8 Å². The first kappa shape index (κ1) is 51.2. The zero-order valence-electron chi connectivity index (χ0n) is 41.9. The van der Waals surface area contributed by atoms with Crippen molar-refractivity contribution in [2.24, 2.45) is 36.5 Å². The number of urea groups is 1. The minimum atomic E-state index is -1.02. The van der Waals surface area contributed by atoms with Crippen LogP contribution in [0.3, 0.4) is 0 Å². The lowest BCUT2D eigenvalue weighted by Crippen LogP contribution is -2.51. The van der Waals surface area contributed by atoms with Gasteiger partial charge in [-0.3, -0.25) is 29.3 Å². The number of hydrogen-bond donors (Lipinski definition) is 5. The average molecular weight is 1030 g/mol. The summed E-state index contributed by atoms with van der Waals surface area (Å²) >= 11 is 0. The predicted molar refractivity (Wildman–Crippen MR) is 267 cm³/mol. The number of imide groups is 1. The Morgan fingerprint density at radius 1 is 0.959 bits per heavy atom. The van der Waals surface area contributed by atoms with Crippen LogP contribution in [0.5, 0.6) is 5.75 Å². The van der Waals surface area contributed by atoms with Gasteiger partial charge in [0.2, 0.25) is 17.7 Å². The Labute approximate surface area is 426 Å². The number of carbonyl (C=O) groups excluding carboxylic acids is 4. The van der Waals surface area contributed by atoms with E-state index in [0.29, 0.717) is 57.0 Å². The number of aryl methyl sites for hydroxylation is 1. The molecule has 4 heterocycles. The number of halogens is 4. The highest BCUT2D eigenvalue weighted by Gasteiger charge is 2.57. The Bertz CT molecular complexity index is 2910. The lowest BCUT2D eigenvalue weighted by molar-refractivity contribution is -0.127. The lowest BCUT2D eigenvalue weighted by atomic mass is 9.66. The lowest BCUT2D eigenvalue weighted by Gasteiger charge is -2.42. The zero-order chi connectivity index (χ0) is 52.2. The number of nitrogens with two attached hydrogens (primary N) is 1. The van der Waals surface area contributed by atoms with Crippen LogP contribution in [0.15, 0.2) is 71.8 Å². The number of likely N-dealkylation sites (tertiary alicyclic amines) is 1. The highest BCUT2D eigenvalue weighted by Crippen LogP contribution is 2.59. The summed E-state index contributed by atoms with van der Waals surface area (Å²) in [5.41, 5.74) is 5.87. The van der Waals surface area contributed by atoms with Crippen LogP contribution < -0.4 is 31.3 Å². The van der Waals surface area contributed by atoms with Crippen molar-refractivity contribution in [3.8, 4) is 5.75 Å². The topological polar surface area (TPSA) is 193 Å². The van der Waals surface area contributed by atoms with Gasteiger partial charge in [0.05, 0.1) is 12.0 Å². The Morgan fingerprint density at radius 2 is 1.69 bits per heavy atom. The number of primary amides is 1. The maximum atomic E-state index is 16.5. The number of anilines is 1. The van der Waals surface area contributed by atoms with Crippen LogP contribution in [0.2, 0.25) is 0 Å². The number of aliphatic hydroxyl groups is 1. The van der Waals surface area contributed by atoms with Crippen molar-refractivity contribution in [1.29, 1.82) is 0 Å². The van der Waals surface area contributed by atoms with Gasteiger partial charge in [0.15, 0.2) is 23.2 Å². The molecule has 3 saturated heterocycles. The molecule has 6 aliphatic rings. The number of aromatic nitrogens is 2. The molecule has 5 amide bonds. The van der Waals surface area contributed by atoms with Crippen LogP contribution in [-0.2, 0) is 27.0 Å². The van der Waals surface area contributed by atoms with Crippen molar-refractivity contribution in [1.82, 2.24) is 30.6 Å². The summed E-state index contributed by atoms with van der Waals surface area (Å²) in [7, 11) is 1.56. The number of carbonyl (C=O) groups is 4. The molecule has 3 aromatic carbocycles. The number of hydrogen-bond acceptors (Lipinski definition) is 10. The molecule has 1 aromatic heterocycles. The van der Waals surface area contributed by atoms with Gasteiger partial charge >= 0.3 is 6.03 Å². The Hall–Kier alpha value is -6.31. The van der Waals surface area contributed by atoms with E-state index in [1.54, 1.807) is 14.0 Å². The molecule has 5 fully saturated rings. The van der Waals surface area contributed by atoms with E-state index in [9.17, 15) is 24.3 Å². The second kappa shape index (κ2) is 20.8. The highest BCUT2D eigenvalue weighted by atomic mass is 19.1. The molecule has 3 aliphatic heterocycles. The van der Waals surface area contributed by atoms with Crippen molar-refractivity contribution in [3.63, 3.8) is 0 Å². The van der Waals surface area contributed by atoms with Gasteiger partial charge < -0.3 is 35.8 Å². The summed E-state index contributed by atoms with van der Waals surface area (Å²) in [5.74, 6) is -5.69. The molecule has 3 aliphatic carbocycles. The quantitative estimate of drug-likeness (QED) is 0.0759. The number of nitrogens with one attached hydrogen (secondary N) is 3. The van der Waals surface area contributed by atoms with Crippen LogP contribution in [0.4, 0.5) is 28.2 Å². The predicted octanol–water partition coefficient (Wildman–Crippen LogP) is 7.23. The van der Waals surface area contributed by atoms with Gasteiger partial charge in [0.1, 0.15) is 35.1 Å². The zero-order valence-corrected chi connectivity index (χ0v) is 41.9. The van der Waals surface area contributed by atoms with Crippen LogP contribution in [0.1, 0.15) is 111 Å². The van der Waals surface area contributed by atoms with E-state index in [0.717, 1.165) is 37.8 Å². The number of ether oxygens (including phenoxy) is 2. The van der Waals surface area contributed by atoms with E-state index in [4.69, 9.17) is 15.2 Å². The maximum absolute atomic E-state index is 16.5. The van der Waals surface area contributed by atoms with Crippen LogP contribution in [0.25, 0.3) is 10.9 Å². The fraction of sp³-hybridized carbons (Fsp3) is 0.509. The van der Waals surface area contributed by atoms with E-state index >= 15 is 17.6 Å². The first-order valence-corrected chi connectivity index (χ1v) is 26.0. The molecule has 0 radical (unpaired) electrons. The molecule has 74 heavy (non-hydrogen) atoms. The molecule has 19 heteroatoms. The second-order valence-electron chi connectivity index (χ2n) is 21.2. The third-order valence-electron chi connectivity index (χ3n) is 16.9. The third-order valence-corrected chi connectivity index (χ3v) is 16.9. The molecule has 0 bridgehead atoms. The minimum Gasteiger partial charge on any atom is -0.488 e. The summed E-state index contributed by atoms with van der Waals surface area (Å²) in [6.07, 6.45) is 7.23. The summed E-state index contributed by atoms with van der Waals surface area (Å²) < 4.78 is 78.2. The molecule has 6 N–H and O–H groups in total.